The van der Waals surface area contributed by atoms with Crippen LogP contribution in [0.2, 0.25) is 0 Å². The summed E-state index contributed by atoms with van der Waals surface area (Å²) in [6.07, 6.45) is 0.970. The SMILES string of the molecule is Cl.NCc1ccc(C(=O)NCCCN2CCN(c3ccccc3)CC2)cc1. The average Bonchev–Trinajstić information content (AvgIpc) is 2.72. The number of nitrogens with zero attached hydrogens (tertiary/aromatic N) is 2. The van der Waals surface area contributed by atoms with Gasteiger partial charge >= 0.3 is 0 Å². The summed E-state index contributed by atoms with van der Waals surface area (Å²) in [5.41, 5.74) is 8.62. The van der Waals surface area contributed by atoms with E-state index in [0.29, 0.717) is 18.7 Å². The van der Waals surface area contributed by atoms with Gasteiger partial charge in [-0.25, -0.2) is 0 Å². The lowest BCUT2D eigenvalue weighted by molar-refractivity contribution is 0.0951. The molecule has 1 heterocycles. The number of rotatable bonds is 7. The number of amides is 1. The molecule has 1 aliphatic heterocycles. The molecule has 0 radical (unpaired) electrons. The fourth-order valence-corrected chi connectivity index (χ4v) is 3.27. The Kier molecular flexibility index (Phi) is 8.58. The fourth-order valence-electron chi connectivity index (χ4n) is 3.27. The molecule has 0 spiro atoms. The number of benzene rings is 2. The van der Waals surface area contributed by atoms with E-state index in [9.17, 15) is 4.79 Å². The molecule has 1 saturated heterocycles. The summed E-state index contributed by atoms with van der Waals surface area (Å²) < 4.78 is 0. The molecule has 1 aliphatic rings. The maximum atomic E-state index is 12.1. The Morgan fingerprint density at radius 1 is 0.963 bits per heavy atom. The smallest absolute Gasteiger partial charge is 0.251 e. The van der Waals surface area contributed by atoms with Crippen LogP contribution >= 0.6 is 12.4 Å². The zero-order valence-electron chi connectivity index (χ0n) is 15.6. The standard InChI is InChI=1S/C21H28N4O.ClH/c22-17-18-7-9-19(10-8-18)21(26)23-11-4-12-24-13-15-25(16-14-24)20-5-2-1-3-6-20;/h1-3,5-10H,4,11-17,22H2,(H,23,26);1H. The minimum Gasteiger partial charge on any atom is -0.369 e. The molecule has 0 aromatic heterocycles. The molecule has 1 amide bonds. The lowest BCUT2D eigenvalue weighted by Crippen LogP contribution is -2.47. The molecular weight excluding hydrogens is 360 g/mol. The van der Waals surface area contributed by atoms with Crippen LogP contribution in [0.3, 0.4) is 0 Å². The van der Waals surface area contributed by atoms with Gasteiger partial charge in [-0.05, 0) is 42.8 Å². The monoisotopic (exact) mass is 388 g/mol. The second kappa shape index (κ2) is 10.9. The van der Waals surface area contributed by atoms with Gasteiger partial charge in [-0.1, -0.05) is 30.3 Å². The van der Waals surface area contributed by atoms with Crippen molar-refractivity contribution in [3.63, 3.8) is 0 Å². The number of nitrogens with two attached hydrogens (primary N) is 1. The number of hydrogen-bond donors (Lipinski definition) is 2. The lowest BCUT2D eigenvalue weighted by Gasteiger charge is -2.36. The third-order valence-electron chi connectivity index (χ3n) is 4.88. The number of carbonyl (C=O) groups excluding carboxylic acids is 1. The van der Waals surface area contributed by atoms with Crippen molar-refractivity contribution in [1.29, 1.82) is 0 Å². The van der Waals surface area contributed by atoms with Crippen LogP contribution < -0.4 is 16.0 Å². The number of nitrogens with one attached hydrogen (secondary N) is 1. The Bertz CT molecular complexity index is 685. The largest absolute Gasteiger partial charge is 0.369 e. The molecule has 27 heavy (non-hydrogen) atoms. The Hall–Kier alpha value is -2.08. The van der Waals surface area contributed by atoms with Crippen molar-refractivity contribution in [3.8, 4) is 0 Å². The zero-order valence-corrected chi connectivity index (χ0v) is 16.5. The van der Waals surface area contributed by atoms with E-state index in [1.165, 1.54) is 5.69 Å². The predicted octanol–water partition coefficient (Wildman–Crippen LogP) is 2.51. The van der Waals surface area contributed by atoms with Gasteiger partial charge in [0.05, 0.1) is 0 Å². The Morgan fingerprint density at radius 3 is 2.26 bits per heavy atom. The summed E-state index contributed by atoms with van der Waals surface area (Å²) in [5, 5.41) is 3.00. The minimum atomic E-state index is -0.0116. The van der Waals surface area contributed by atoms with Crippen LogP contribution in [0, 0.1) is 0 Å². The van der Waals surface area contributed by atoms with E-state index in [2.05, 4.69) is 45.4 Å². The summed E-state index contributed by atoms with van der Waals surface area (Å²) in [7, 11) is 0. The van der Waals surface area contributed by atoms with E-state index >= 15 is 0 Å². The summed E-state index contributed by atoms with van der Waals surface area (Å²) in [4.78, 5) is 17.0. The van der Waals surface area contributed by atoms with Crippen molar-refractivity contribution < 1.29 is 4.79 Å². The Balaban J connectivity index is 0.00000261. The van der Waals surface area contributed by atoms with Gasteiger partial charge in [0.25, 0.3) is 5.91 Å². The molecule has 3 N–H and O–H groups in total. The highest BCUT2D eigenvalue weighted by molar-refractivity contribution is 5.94. The topological polar surface area (TPSA) is 61.6 Å². The van der Waals surface area contributed by atoms with E-state index in [-0.39, 0.29) is 18.3 Å². The molecule has 1 fully saturated rings. The highest BCUT2D eigenvalue weighted by Crippen LogP contribution is 2.15. The van der Waals surface area contributed by atoms with Crippen molar-refractivity contribution in [3.05, 3.63) is 65.7 Å². The highest BCUT2D eigenvalue weighted by atomic mass is 35.5. The first kappa shape index (κ1) is 21.2. The van der Waals surface area contributed by atoms with Crippen LogP contribution in [0.4, 0.5) is 5.69 Å². The average molecular weight is 389 g/mol. The lowest BCUT2D eigenvalue weighted by atomic mass is 10.1. The third-order valence-corrected chi connectivity index (χ3v) is 4.88. The first-order valence-corrected chi connectivity index (χ1v) is 9.36. The molecular formula is C21H29ClN4O. The van der Waals surface area contributed by atoms with Crippen LogP contribution in [-0.4, -0.2) is 50.1 Å². The zero-order chi connectivity index (χ0) is 18.2. The normalized spacial score (nSPS) is 14.5. The van der Waals surface area contributed by atoms with Gasteiger partial charge in [0, 0.05) is 50.5 Å². The van der Waals surface area contributed by atoms with Crippen LogP contribution in [0.1, 0.15) is 22.3 Å². The van der Waals surface area contributed by atoms with Crippen LogP contribution in [0.25, 0.3) is 0 Å². The van der Waals surface area contributed by atoms with Crippen molar-refractivity contribution in [2.75, 3.05) is 44.2 Å². The van der Waals surface area contributed by atoms with Gasteiger partial charge in [-0.15, -0.1) is 12.4 Å². The Labute approximate surface area is 167 Å². The van der Waals surface area contributed by atoms with E-state index in [0.717, 1.165) is 44.7 Å². The fraction of sp³-hybridized carbons (Fsp3) is 0.381. The van der Waals surface area contributed by atoms with Gasteiger partial charge < -0.3 is 16.0 Å². The summed E-state index contributed by atoms with van der Waals surface area (Å²) >= 11 is 0. The van der Waals surface area contributed by atoms with Gasteiger partial charge in [0.2, 0.25) is 0 Å². The first-order valence-electron chi connectivity index (χ1n) is 9.36. The van der Waals surface area contributed by atoms with Crippen LogP contribution in [0.5, 0.6) is 0 Å². The molecule has 2 aromatic rings. The second-order valence-electron chi connectivity index (χ2n) is 6.67. The Morgan fingerprint density at radius 2 is 1.63 bits per heavy atom. The number of hydrogen-bond acceptors (Lipinski definition) is 4. The molecule has 0 unspecified atom stereocenters. The minimum absolute atomic E-state index is 0. The van der Waals surface area contributed by atoms with E-state index < -0.39 is 0 Å². The summed E-state index contributed by atoms with van der Waals surface area (Å²) in [6, 6.07) is 18.1. The number of halogens is 1. The number of anilines is 1. The number of para-hydroxylation sites is 1. The molecule has 0 atom stereocenters. The van der Waals surface area contributed by atoms with Crippen molar-refractivity contribution in [2.24, 2.45) is 5.73 Å². The molecule has 0 aliphatic carbocycles. The molecule has 146 valence electrons. The molecule has 6 heteroatoms. The maximum Gasteiger partial charge on any atom is 0.251 e. The van der Waals surface area contributed by atoms with Crippen molar-refractivity contribution in [1.82, 2.24) is 10.2 Å². The van der Waals surface area contributed by atoms with Gasteiger partial charge in [-0.3, -0.25) is 9.69 Å². The van der Waals surface area contributed by atoms with Crippen LogP contribution in [0.15, 0.2) is 54.6 Å². The van der Waals surface area contributed by atoms with E-state index in [1.807, 2.05) is 24.3 Å². The summed E-state index contributed by atoms with van der Waals surface area (Å²) in [6.45, 7) is 6.49. The van der Waals surface area contributed by atoms with E-state index in [1.54, 1.807) is 0 Å². The molecule has 0 bridgehead atoms. The van der Waals surface area contributed by atoms with Crippen molar-refractivity contribution in [2.45, 2.75) is 13.0 Å². The number of piperazine rings is 1. The highest BCUT2D eigenvalue weighted by Gasteiger charge is 2.16. The summed E-state index contributed by atoms with van der Waals surface area (Å²) in [5.74, 6) is -0.0116. The molecule has 0 saturated carbocycles. The number of carbonyl (C=O) groups is 1. The van der Waals surface area contributed by atoms with Gasteiger partial charge in [-0.2, -0.15) is 0 Å². The van der Waals surface area contributed by atoms with Gasteiger partial charge in [0.15, 0.2) is 0 Å². The quantitative estimate of drug-likeness (QED) is 0.715. The first-order chi connectivity index (χ1) is 12.8. The molecule has 2 aromatic carbocycles. The molecule has 3 rings (SSSR count). The predicted molar refractivity (Wildman–Crippen MR) is 114 cm³/mol. The van der Waals surface area contributed by atoms with E-state index in [4.69, 9.17) is 5.73 Å². The second-order valence-corrected chi connectivity index (χ2v) is 6.67. The third kappa shape index (κ3) is 6.24. The van der Waals surface area contributed by atoms with Crippen molar-refractivity contribution >= 4 is 24.0 Å². The van der Waals surface area contributed by atoms with Crippen LogP contribution in [-0.2, 0) is 6.54 Å². The maximum absolute atomic E-state index is 12.1. The molecule has 5 nitrogen and oxygen atoms in total. The van der Waals surface area contributed by atoms with Gasteiger partial charge in [0.1, 0.15) is 0 Å².